The minimum Gasteiger partial charge on any atom is -0.431 e. The quantitative estimate of drug-likeness (QED) is 0.380. The maximum absolute atomic E-state index is 13.9. The lowest BCUT2D eigenvalue weighted by Crippen LogP contribution is -2.61. The Balaban J connectivity index is 1.59. The highest BCUT2D eigenvalue weighted by Gasteiger charge is 2.40. The van der Waals surface area contributed by atoms with Crippen LogP contribution in [0.25, 0.3) is 0 Å². The van der Waals surface area contributed by atoms with Crippen molar-refractivity contribution in [3.05, 3.63) is 29.7 Å². The average molecular weight is 516 g/mol. The Labute approximate surface area is 207 Å². The van der Waals surface area contributed by atoms with E-state index in [9.17, 15) is 17.6 Å². The lowest BCUT2D eigenvalue weighted by molar-refractivity contribution is -0.0495. The zero-order chi connectivity index (χ0) is 25.9. The minimum atomic E-state index is -3.08. The molecule has 0 aromatic carbocycles. The zero-order valence-corrected chi connectivity index (χ0v) is 20.3. The van der Waals surface area contributed by atoms with Crippen LogP contribution in [0, 0.1) is 0 Å². The Hall–Kier alpha value is -2.64. The second-order valence-corrected chi connectivity index (χ2v) is 9.24. The molecular weight excluding hydrogens is 482 g/mol. The normalized spacial score (nSPS) is 23.2. The van der Waals surface area contributed by atoms with Gasteiger partial charge in [0.15, 0.2) is 11.6 Å². The van der Waals surface area contributed by atoms with Crippen molar-refractivity contribution in [1.82, 2.24) is 19.7 Å². The van der Waals surface area contributed by atoms with Crippen LogP contribution in [0.3, 0.4) is 0 Å². The number of aromatic nitrogens is 1. The smallest absolute Gasteiger partial charge is 0.387 e. The molecule has 1 aromatic heterocycles. The van der Waals surface area contributed by atoms with Crippen LogP contribution in [-0.4, -0.2) is 103 Å². The molecule has 3 fully saturated rings. The average Bonchev–Trinajstić information content (AvgIpc) is 3.17. The number of likely N-dealkylation sites (tertiary alicyclic amines) is 2. The van der Waals surface area contributed by atoms with E-state index in [4.69, 9.17) is 21.2 Å². The molecule has 3 saturated heterocycles. The Morgan fingerprint density at radius 3 is 2.64 bits per heavy atom. The largest absolute Gasteiger partial charge is 0.431 e. The van der Waals surface area contributed by atoms with Crippen molar-refractivity contribution in [3.63, 3.8) is 0 Å². The van der Waals surface area contributed by atoms with Crippen LogP contribution in [0.1, 0.15) is 25.3 Å². The van der Waals surface area contributed by atoms with Crippen LogP contribution >= 0.6 is 0 Å². The van der Waals surface area contributed by atoms with Gasteiger partial charge in [-0.1, -0.05) is 6.92 Å². The summed E-state index contributed by atoms with van der Waals surface area (Å²) in [7, 11) is 0. The number of allylic oxidation sites excluding steroid dienone is 1. The van der Waals surface area contributed by atoms with Crippen molar-refractivity contribution >= 4 is 11.5 Å². The third kappa shape index (κ3) is 6.37. The third-order valence-corrected chi connectivity index (χ3v) is 6.74. The van der Waals surface area contributed by atoms with Gasteiger partial charge in [0.1, 0.15) is 12.0 Å². The number of anilines is 1. The first-order valence-electron chi connectivity index (χ1n) is 12.1. The molecular formula is C23H33F4N7O2. The highest BCUT2D eigenvalue weighted by atomic mass is 19.3. The van der Waals surface area contributed by atoms with Gasteiger partial charge >= 0.3 is 6.61 Å². The molecule has 4 heterocycles. The number of rotatable bonds is 9. The maximum Gasteiger partial charge on any atom is 0.387 e. The second kappa shape index (κ2) is 11.2. The SMILES string of the molecule is CCC(/N=C(\C=C(/N)N1CC(N2CCOCC2)C1)c1cnc(N)c(OC(F)F)c1)N1CCC(F)(F)C1. The van der Waals surface area contributed by atoms with Crippen molar-refractivity contribution in [2.75, 3.05) is 58.2 Å². The summed E-state index contributed by atoms with van der Waals surface area (Å²) < 4.78 is 63.4. The van der Waals surface area contributed by atoms with Crippen LogP contribution in [-0.2, 0) is 4.74 Å². The molecule has 9 nitrogen and oxygen atoms in total. The number of nitrogens with two attached hydrogens (primary N) is 2. The first-order chi connectivity index (χ1) is 17.1. The van der Waals surface area contributed by atoms with E-state index < -0.39 is 25.2 Å². The van der Waals surface area contributed by atoms with Gasteiger partial charge in [-0.3, -0.25) is 14.8 Å². The number of nitrogens with zero attached hydrogens (tertiary/aromatic N) is 5. The molecule has 200 valence electrons. The first kappa shape index (κ1) is 26.4. The molecule has 0 bridgehead atoms. The highest BCUT2D eigenvalue weighted by Crippen LogP contribution is 2.30. The van der Waals surface area contributed by atoms with Crippen LogP contribution in [0.2, 0.25) is 0 Å². The summed E-state index contributed by atoms with van der Waals surface area (Å²) >= 11 is 0. The number of aliphatic imine (C=N–C) groups is 1. The monoisotopic (exact) mass is 515 g/mol. The predicted octanol–water partition coefficient (Wildman–Crippen LogP) is 1.95. The van der Waals surface area contributed by atoms with Gasteiger partial charge in [0.2, 0.25) is 0 Å². The first-order valence-corrected chi connectivity index (χ1v) is 12.1. The fourth-order valence-electron chi connectivity index (χ4n) is 4.66. The number of halogens is 4. The third-order valence-electron chi connectivity index (χ3n) is 6.74. The minimum absolute atomic E-state index is 0.197. The van der Waals surface area contributed by atoms with Crippen molar-refractivity contribution < 1.29 is 27.0 Å². The molecule has 36 heavy (non-hydrogen) atoms. The summed E-state index contributed by atoms with van der Waals surface area (Å²) in [6.45, 7) is 3.19. The number of nitrogen functional groups attached to an aromatic ring is 1. The molecule has 3 aliphatic heterocycles. The van der Waals surface area contributed by atoms with Gasteiger partial charge in [-0.25, -0.2) is 13.8 Å². The van der Waals surface area contributed by atoms with Gasteiger partial charge < -0.3 is 25.8 Å². The summed E-state index contributed by atoms with van der Waals surface area (Å²) in [6.07, 6.45) is 2.70. The lowest BCUT2D eigenvalue weighted by atomic mass is 10.1. The molecule has 1 unspecified atom stereocenters. The topological polar surface area (TPSA) is 105 Å². The van der Waals surface area contributed by atoms with E-state index in [2.05, 4.69) is 14.6 Å². The molecule has 4 N–H and O–H groups in total. The molecule has 4 rings (SSSR count). The van der Waals surface area contributed by atoms with Gasteiger partial charge in [-0.15, -0.1) is 0 Å². The van der Waals surface area contributed by atoms with E-state index in [0.29, 0.717) is 42.8 Å². The van der Waals surface area contributed by atoms with Gasteiger partial charge in [-0.2, -0.15) is 8.78 Å². The second-order valence-electron chi connectivity index (χ2n) is 9.24. The van der Waals surface area contributed by atoms with Crippen molar-refractivity contribution in [2.24, 2.45) is 10.7 Å². The molecule has 0 spiro atoms. The van der Waals surface area contributed by atoms with Crippen LogP contribution in [0.15, 0.2) is 29.2 Å². The molecule has 13 heteroatoms. The van der Waals surface area contributed by atoms with Gasteiger partial charge in [0.25, 0.3) is 5.92 Å². The molecule has 1 aromatic rings. The summed E-state index contributed by atoms with van der Waals surface area (Å²) in [5, 5.41) is 0. The van der Waals surface area contributed by atoms with E-state index in [-0.39, 0.29) is 24.5 Å². The van der Waals surface area contributed by atoms with E-state index in [0.717, 1.165) is 26.2 Å². The predicted molar refractivity (Wildman–Crippen MR) is 127 cm³/mol. The molecule has 0 saturated carbocycles. The number of ether oxygens (including phenoxy) is 2. The van der Waals surface area contributed by atoms with E-state index in [1.807, 2.05) is 11.8 Å². The van der Waals surface area contributed by atoms with Crippen LogP contribution in [0.4, 0.5) is 23.4 Å². The van der Waals surface area contributed by atoms with Gasteiger partial charge in [0.05, 0.1) is 25.5 Å². The van der Waals surface area contributed by atoms with Gasteiger partial charge in [-0.05, 0) is 12.5 Å². The van der Waals surface area contributed by atoms with Crippen molar-refractivity contribution in [3.8, 4) is 5.75 Å². The molecule has 0 radical (unpaired) electrons. The lowest BCUT2D eigenvalue weighted by Gasteiger charge is -2.47. The summed E-state index contributed by atoms with van der Waals surface area (Å²) in [5.41, 5.74) is 12.8. The number of hydrogen-bond acceptors (Lipinski definition) is 9. The Morgan fingerprint density at radius 2 is 2.03 bits per heavy atom. The Bertz CT molecular complexity index is 966. The molecule has 0 aliphatic carbocycles. The summed E-state index contributed by atoms with van der Waals surface area (Å²) in [4.78, 5) is 14.7. The molecule has 1 atom stereocenters. The summed E-state index contributed by atoms with van der Waals surface area (Å²) in [6, 6.07) is 1.68. The zero-order valence-electron chi connectivity index (χ0n) is 20.3. The fourth-order valence-corrected chi connectivity index (χ4v) is 4.66. The maximum atomic E-state index is 13.9. The van der Waals surface area contributed by atoms with Gasteiger partial charge in [0, 0.05) is 63.0 Å². The van der Waals surface area contributed by atoms with Crippen LogP contribution in [0.5, 0.6) is 5.75 Å². The number of hydrogen-bond donors (Lipinski definition) is 2. The van der Waals surface area contributed by atoms with Crippen LogP contribution < -0.4 is 16.2 Å². The number of morpholine rings is 1. The standard InChI is InChI=1S/C23H33F4N7O2/c1-2-20(33-4-3-23(26,27)14-33)31-17(15-9-18(36-22(24)25)21(29)30-11-15)10-19(28)34-12-16(13-34)32-5-7-35-8-6-32/h9-11,16,20,22H,2-8,12-14,28H2,1H3,(H2,29,30)/b19-10+,31-17+. The van der Waals surface area contributed by atoms with E-state index in [1.54, 1.807) is 11.0 Å². The summed E-state index contributed by atoms with van der Waals surface area (Å²) in [5.74, 6) is -2.82. The number of pyridine rings is 1. The van der Waals surface area contributed by atoms with Crippen molar-refractivity contribution in [1.29, 1.82) is 0 Å². The van der Waals surface area contributed by atoms with E-state index >= 15 is 0 Å². The van der Waals surface area contributed by atoms with Crippen molar-refractivity contribution in [2.45, 2.75) is 44.5 Å². The highest BCUT2D eigenvalue weighted by molar-refractivity contribution is 6.09. The molecule has 0 amide bonds. The molecule has 3 aliphatic rings. The fraction of sp³-hybridized carbons (Fsp3) is 0.652. The van der Waals surface area contributed by atoms with E-state index in [1.165, 1.54) is 12.3 Å². The Morgan fingerprint density at radius 1 is 1.31 bits per heavy atom. The number of alkyl halides is 4. The Kier molecular flexibility index (Phi) is 8.20.